The monoisotopic (exact) mass is 271 g/mol. The van der Waals surface area contributed by atoms with Gasteiger partial charge in [0, 0.05) is 12.2 Å². The molecule has 1 aromatic heterocycles. The van der Waals surface area contributed by atoms with Crippen molar-refractivity contribution in [3.05, 3.63) is 35.7 Å². The average molecular weight is 271 g/mol. The maximum Gasteiger partial charge on any atom is 0.159 e. The van der Waals surface area contributed by atoms with Crippen molar-refractivity contribution in [3.63, 3.8) is 0 Å². The van der Waals surface area contributed by atoms with Crippen LogP contribution in [0.3, 0.4) is 0 Å². The number of rotatable bonds is 5. The van der Waals surface area contributed by atoms with Gasteiger partial charge in [-0.05, 0) is 37.5 Å². The zero-order valence-electron chi connectivity index (χ0n) is 12.2. The van der Waals surface area contributed by atoms with Crippen molar-refractivity contribution < 1.29 is 0 Å². The van der Waals surface area contributed by atoms with Crippen molar-refractivity contribution in [1.29, 1.82) is 0 Å². The molecule has 0 aliphatic heterocycles. The van der Waals surface area contributed by atoms with E-state index in [0.29, 0.717) is 17.3 Å². The minimum absolute atomic E-state index is 0.543. The normalized spacial score (nSPS) is 10.3. The molecule has 0 aliphatic rings. The molecule has 0 fully saturated rings. The predicted octanol–water partition coefficient (Wildman–Crippen LogP) is 3.24. The highest BCUT2D eigenvalue weighted by atomic mass is 15.1. The molecule has 106 valence electrons. The number of aryl methyl sites for hydroxylation is 1. The first-order chi connectivity index (χ1) is 9.63. The quantitative estimate of drug-likeness (QED) is 0.778. The standard InChI is InChI=1S/C15H21N5/c1-4-8-17-14-13(16)15(19-9-18-14)20-12-7-5-6-10(2)11(12)3/h5-7,9H,4,8,16H2,1-3H3,(H2,17,18,19,20). The molecule has 0 aliphatic carbocycles. The molecule has 0 saturated heterocycles. The van der Waals surface area contributed by atoms with Gasteiger partial charge in [-0.1, -0.05) is 19.1 Å². The van der Waals surface area contributed by atoms with Crippen molar-refractivity contribution in [2.24, 2.45) is 0 Å². The third kappa shape index (κ3) is 2.99. The Morgan fingerprint density at radius 2 is 1.90 bits per heavy atom. The van der Waals surface area contributed by atoms with E-state index in [-0.39, 0.29) is 0 Å². The summed E-state index contributed by atoms with van der Waals surface area (Å²) in [7, 11) is 0. The predicted molar refractivity (Wildman–Crippen MR) is 84.4 cm³/mol. The van der Waals surface area contributed by atoms with E-state index >= 15 is 0 Å². The van der Waals surface area contributed by atoms with Crippen LogP contribution < -0.4 is 16.4 Å². The molecule has 2 rings (SSSR count). The Morgan fingerprint density at radius 1 is 1.15 bits per heavy atom. The van der Waals surface area contributed by atoms with Crippen LogP contribution in [0.1, 0.15) is 24.5 Å². The van der Waals surface area contributed by atoms with E-state index < -0.39 is 0 Å². The first-order valence-corrected chi connectivity index (χ1v) is 6.81. The number of nitrogens with two attached hydrogens (primary N) is 1. The summed E-state index contributed by atoms with van der Waals surface area (Å²) >= 11 is 0. The van der Waals surface area contributed by atoms with Gasteiger partial charge in [-0.25, -0.2) is 9.97 Å². The lowest BCUT2D eigenvalue weighted by atomic mass is 10.1. The summed E-state index contributed by atoms with van der Waals surface area (Å²) in [5.74, 6) is 1.31. The summed E-state index contributed by atoms with van der Waals surface area (Å²) in [6, 6.07) is 6.11. The van der Waals surface area contributed by atoms with Crippen molar-refractivity contribution in [1.82, 2.24) is 9.97 Å². The molecule has 1 aromatic carbocycles. The van der Waals surface area contributed by atoms with Gasteiger partial charge in [-0.15, -0.1) is 0 Å². The second kappa shape index (κ2) is 6.23. The van der Waals surface area contributed by atoms with Crippen LogP contribution in [0.2, 0.25) is 0 Å². The Morgan fingerprint density at radius 3 is 2.65 bits per heavy atom. The van der Waals surface area contributed by atoms with Crippen molar-refractivity contribution in [3.8, 4) is 0 Å². The number of aromatic nitrogens is 2. The fraction of sp³-hybridized carbons (Fsp3) is 0.333. The number of hydrogen-bond donors (Lipinski definition) is 3. The molecular weight excluding hydrogens is 250 g/mol. The van der Waals surface area contributed by atoms with Gasteiger partial charge in [-0.2, -0.15) is 0 Å². The van der Waals surface area contributed by atoms with Gasteiger partial charge in [0.15, 0.2) is 11.6 Å². The first-order valence-electron chi connectivity index (χ1n) is 6.81. The highest BCUT2D eigenvalue weighted by Gasteiger charge is 2.09. The minimum atomic E-state index is 0.543. The Hall–Kier alpha value is -2.30. The van der Waals surface area contributed by atoms with Crippen LogP contribution in [-0.4, -0.2) is 16.5 Å². The van der Waals surface area contributed by atoms with Gasteiger partial charge in [0.25, 0.3) is 0 Å². The molecule has 0 amide bonds. The fourth-order valence-electron chi connectivity index (χ4n) is 1.89. The van der Waals surface area contributed by atoms with E-state index in [1.54, 1.807) is 0 Å². The fourth-order valence-corrected chi connectivity index (χ4v) is 1.89. The molecule has 5 nitrogen and oxygen atoms in total. The molecule has 4 N–H and O–H groups in total. The lowest BCUT2D eigenvalue weighted by molar-refractivity contribution is 0.966. The highest BCUT2D eigenvalue weighted by Crippen LogP contribution is 2.28. The van der Waals surface area contributed by atoms with E-state index in [9.17, 15) is 0 Å². The maximum atomic E-state index is 6.11. The number of hydrogen-bond acceptors (Lipinski definition) is 5. The molecule has 1 heterocycles. The smallest absolute Gasteiger partial charge is 0.159 e. The number of nitrogens with zero attached hydrogens (tertiary/aromatic N) is 2. The lowest BCUT2D eigenvalue weighted by Gasteiger charge is -2.14. The first kappa shape index (κ1) is 14.1. The number of nitrogens with one attached hydrogen (secondary N) is 2. The summed E-state index contributed by atoms with van der Waals surface area (Å²) in [5.41, 5.74) is 10.1. The molecule has 0 atom stereocenters. The Labute approximate surface area is 119 Å². The molecule has 5 heteroatoms. The molecule has 0 radical (unpaired) electrons. The van der Waals surface area contributed by atoms with Crippen LogP contribution in [0.15, 0.2) is 24.5 Å². The van der Waals surface area contributed by atoms with Crippen LogP contribution in [0, 0.1) is 13.8 Å². The van der Waals surface area contributed by atoms with E-state index in [1.165, 1.54) is 17.5 Å². The second-order valence-corrected chi connectivity index (χ2v) is 4.78. The van der Waals surface area contributed by atoms with Crippen molar-refractivity contribution in [2.75, 3.05) is 22.9 Å². The zero-order valence-corrected chi connectivity index (χ0v) is 12.2. The van der Waals surface area contributed by atoms with Crippen LogP contribution in [0.4, 0.5) is 23.0 Å². The minimum Gasteiger partial charge on any atom is -0.393 e. The summed E-state index contributed by atoms with van der Waals surface area (Å²) in [6.07, 6.45) is 2.53. The Bertz CT molecular complexity index is 595. The summed E-state index contributed by atoms with van der Waals surface area (Å²) in [6.45, 7) is 7.09. The van der Waals surface area contributed by atoms with Crippen LogP contribution >= 0.6 is 0 Å². The molecule has 0 spiro atoms. The van der Waals surface area contributed by atoms with E-state index in [1.807, 2.05) is 12.1 Å². The molecule has 0 saturated carbocycles. The lowest BCUT2D eigenvalue weighted by Crippen LogP contribution is -2.09. The maximum absolute atomic E-state index is 6.11. The summed E-state index contributed by atoms with van der Waals surface area (Å²) < 4.78 is 0. The summed E-state index contributed by atoms with van der Waals surface area (Å²) in [5, 5.41) is 6.48. The third-order valence-corrected chi connectivity index (χ3v) is 3.28. The number of nitrogen functional groups attached to an aromatic ring is 1. The number of benzene rings is 1. The summed E-state index contributed by atoms with van der Waals surface area (Å²) in [4.78, 5) is 8.40. The van der Waals surface area contributed by atoms with Gasteiger partial charge in [0.2, 0.25) is 0 Å². The Kier molecular flexibility index (Phi) is 4.40. The largest absolute Gasteiger partial charge is 0.393 e. The molecule has 20 heavy (non-hydrogen) atoms. The van der Waals surface area contributed by atoms with Gasteiger partial charge in [0.1, 0.15) is 12.0 Å². The van der Waals surface area contributed by atoms with Gasteiger partial charge in [-0.3, -0.25) is 0 Å². The van der Waals surface area contributed by atoms with Gasteiger partial charge in [0.05, 0.1) is 0 Å². The van der Waals surface area contributed by atoms with E-state index in [4.69, 9.17) is 5.73 Å². The van der Waals surface area contributed by atoms with Crippen molar-refractivity contribution >= 4 is 23.0 Å². The topological polar surface area (TPSA) is 75.9 Å². The average Bonchev–Trinajstić information content (AvgIpc) is 2.44. The van der Waals surface area contributed by atoms with E-state index in [0.717, 1.165) is 18.7 Å². The van der Waals surface area contributed by atoms with Crippen LogP contribution in [0.5, 0.6) is 0 Å². The zero-order chi connectivity index (χ0) is 14.5. The van der Waals surface area contributed by atoms with Gasteiger partial charge >= 0.3 is 0 Å². The van der Waals surface area contributed by atoms with Gasteiger partial charge < -0.3 is 16.4 Å². The Balaban J connectivity index is 2.27. The second-order valence-electron chi connectivity index (χ2n) is 4.78. The highest BCUT2D eigenvalue weighted by molar-refractivity contribution is 5.78. The van der Waals surface area contributed by atoms with Crippen LogP contribution in [-0.2, 0) is 0 Å². The molecular formula is C15H21N5. The SMILES string of the molecule is CCCNc1ncnc(Nc2cccc(C)c2C)c1N. The molecule has 2 aromatic rings. The number of anilines is 4. The molecule has 0 bridgehead atoms. The van der Waals surface area contributed by atoms with E-state index in [2.05, 4.69) is 47.4 Å². The van der Waals surface area contributed by atoms with Crippen LogP contribution in [0.25, 0.3) is 0 Å². The molecule has 0 unspecified atom stereocenters. The van der Waals surface area contributed by atoms with Crippen molar-refractivity contribution in [2.45, 2.75) is 27.2 Å². The third-order valence-electron chi connectivity index (χ3n) is 3.28.